The number of hydrogen-bond donors (Lipinski definition) is 0. The maximum absolute atomic E-state index is 14.3. The first-order chi connectivity index (χ1) is 13.3. The summed E-state index contributed by atoms with van der Waals surface area (Å²) in [6.45, 7) is 1.94. The Kier molecular flexibility index (Phi) is 4.52. The Labute approximate surface area is 157 Å². The summed E-state index contributed by atoms with van der Waals surface area (Å²) in [7, 11) is 0. The molecule has 2 aromatic heterocycles. The first-order valence-electron chi connectivity index (χ1n) is 8.60. The minimum atomic E-state index is -4.42. The molecule has 1 aromatic carbocycles. The lowest BCUT2D eigenvalue weighted by atomic mass is 10.1. The highest BCUT2D eigenvalue weighted by Crippen LogP contribution is 2.32. The van der Waals surface area contributed by atoms with Crippen LogP contribution in [0.4, 0.5) is 33.5 Å². The number of alkyl halides is 3. The third-order valence-corrected chi connectivity index (χ3v) is 4.79. The van der Waals surface area contributed by atoms with Crippen LogP contribution in [0.3, 0.4) is 0 Å². The number of hydrogen-bond acceptors (Lipinski definition) is 4. The Hall–Kier alpha value is -2.97. The van der Waals surface area contributed by atoms with Crippen LogP contribution in [0.5, 0.6) is 0 Å². The van der Waals surface area contributed by atoms with Gasteiger partial charge in [0.25, 0.3) is 0 Å². The first kappa shape index (κ1) is 18.4. The van der Waals surface area contributed by atoms with Crippen molar-refractivity contribution < 1.29 is 22.0 Å². The number of halogens is 5. The minimum absolute atomic E-state index is 0.0238. The van der Waals surface area contributed by atoms with Crippen molar-refractivity contribution >= 4 is 22.4 Å². The SMILES string of the molecule is Fc1ccc(F)c2c(N3CCN(c4ccc(C(F)(F)F)cn4)CC3)ccnc12. The molecule has 4 rings (SSSR count). The molecule has 1 saturated heterocycles. The molecular formula is C19H15F5N4. The highest BCUT2D eigenvalue weighted by Gasteiger charge is 2.31. The van der Waals surface area contributed by atoms with Gasteiger partial charge in [0.1, 0.15) is 23.0 Å². The number of aromatic nitrogens is 2. The largest absolute Gasteiger partial charge is 0.417 e. The number of rotatable bonds is 2. The van der Waals surface area contributed by atoms with Gasteiger partial charge >= 0.3 is 6.18 Å². The van der Waals surface area contributed by atoms with Crippen LogP contribution in [0.25, 0.3) is 10.9 Å². The van der Waals surface area contributed by atoms with E-state index >= 15 is 0 Å². The highest BCUT2D eigenvalue weighted by molar-refractivity contribution is 5.92. The Balaban J connectivity index is 1.54. The molecule has 0 radical (unpaired) electrons. The molecular weight excluding hydrogens is 379 g/mol. The van der Waals surface area contributed by atoms with Crippen molar-refractivity contribution in [3.05, 3.63) is 59.9 Å². The van der Waals surface area contributed by atoms with Gasteiger partial charge in [-0.05, 0) is 30.3 Å². The molecule has 3 heterocycles. The molecule has 3 aromatic rings. The van der Waals surface area contributed by atoms with Gasteiger partial charge in [-0.15, -0.1) is 0 Å². The van der Waals surface area contributed by atoms with E-state index in [9.17, 15) is 22.0 Å². The number of benzene rings is 1. The second-order valence-corrected chi connectivity index (χ2v) is 6.46. The van der Waals surface area contributed by atoms with Crippen molar-refractivity contribution in [2.45, 2.75) is 6.18 Å². The van der Waals surface area contributed by atoms with E-state index in [0.717, 1.165) is 24.4 Å². The zero-order valence-corrected chi connectivity index (χ0v) is 14.5. The first-order valence-corrected chi connectivity index (χ1v) is 8.60. The average molecular weight is 394 g/mol. The number of fused-ring (bicyclic) bond motifs is 1. The van der Waals surface area contributed by atoms with Crippen molar-refractivity contribution in [1.29, 1.82) is 0 Å². The fraction of sp³-hybridized carbons (Fsp3) is 0.263. The molecule has 0 saturated carbocycles. The van der Waals surface area contributed by atoms with Crippen LogP contribution in [0, 0.1) is 11.6 Å². The van der Waals surface area contributed by atoms with E-state index in [0.29, 0.717) is 37.7 Å². The molecule has 1 aliphatic heterocycles. The van der Waals surface area contributed by atoms with Gasteiger partial charge in [0.05, 0.1) is 16.6 Å². The number of anilines is 2. The van der Waals surface area contributed by atoms with Crippen LogP contribution in [-0.2, 0) is 6.18 Å². The fourth-order valence-corrected chi connectivity index (χ4v) is 3.36. The summed E-state index contributed by atoms with van der Waals surface area (Å²) in [6.07, 6.45) is -2.17. The molecule has 0 amide bonds. The van der Waals surface area contributed by atoms with E-state index in [-0.39, 0.29) is 10.9 Å². The van der Waals surface area contributed by atoms with Crippen LogP contribution in [0.15, 0.2) is 42.7 Å². The topological polar surface area (TPSA) is 32.3 Å². The summed E-state index contributed by atoms with van der Waals surface area (Å²) in [5, 5.41) is 0.128. The zero-order chi connectivity index (χ0) is 19.9. The molecule has 0 atom stereocenters. The third-order valence-electron chi connectivity index (χ3n) is 4.79. The summed E-state index contributed by atoms with van der Waals surface area (Å²) in [6, 6.07) is 6.10. The van der Waals surface area contributed by atoms with Gasteiger partial charge in [-0.3, -0.25) is 4.98 Å². The molecule has 0 aliphatic carbocycles. The normalized spacial score (nSPS) is 15.3. The number of piperazine rings is 1. The molecule has 1 aliphatic rings. The Morgan fingerprint density at radius 1 is 0.786 bits per heavy atom. The zero-order valence-electron chi connectivity index (χ0n) is 14.5. The molecule has 1 fully saturated rings. The Bertz CT molecular complexity index is 996. The smallest absolute Gasteiger partial charge is 0.367 e. The van der Waals surface area contributed by atoms with Crippen LogP contribution in [-0.4, -0.2) is 36.1 Å². The molecule has 0 N–H and O–H groups in total. The van der Waals surface area contributed by atoms with E-state index in [1.54, 1.807) is 6.07 Å². The Morgan fingerprint density at radius 3 is 2.11 bits per heavy atom. The van der Waals surface area contributed by atoms with Crippen molar-refractivity contribution in [2.75, 3.05) is 36.0 Å². The number of nitrogens with zero attached hydrogens (tertiary/aromatic N) is 4. The minimum Gasteiger partial charge on any atom is -0.367 e. The molecule has 4 nitrogen and oxygen atoms in total. The van der Waals surface area contributed by atoms with Gasteiger partial charge in [-0.2, -0.15) is 13.2 Å². The van der Waals surface area contributed by atoms with E-state index < -0.39 is 23.4 Å². The lowest BCUT2D eigenvalue weighted by Crippen LogP contribution is -2.47. The number of pyridine rings is 2. The van der Waals surface area contributed by atoms with E-state index in [1.807, 2.05) is 9.80 Å². The summed E-state index contributed by atoms with van der Waals surface area (Å²) in [5.41, 5.74) is -0.276. The average Bonchev–Trinajstić information content (AvgIpc) is 2.70. The summed E-state index contributed by atoms with van der Waals surface area (Å²) >= 11 is 0. The van der Waals surface area contributed by atoms with Crippen LogP contribution >= 0.6 is 0 Å². The lowest BCUT2D eigenvalue weighted by Gasteiger charge is -2.37. The van der Waals surface area contributed by atoms with Crippen LogP contribution in [0.1, 0.15) is 5.56 Å². The van der Waals surface area contributed by atoms with Crippen molar-refractivity contribution in [3.8, 4) is 0 Å². The summed E-state index contributed by atoms with van der Waals surface area (Å²) in [5.74, 6) is -0.693. The fourth-order valence-electron chi connectivity index (χ4n) is 3.36. The maximum Gasteiger partial charge on any atom is 0.417 e. The second kappa shape index (κ2) is 6.88. The summed E-state index contributed by atoms with van der Waals surface area (Å²) in [4.78, 5) is 11.6. The van der Waals surface area contributed by atoms with Gasteiger partial charge < -0.3 is 9.80 Å². The summed E-state index contributed by atoms with van der Waals surface area (Å²) < 4.78 is 66.3. The predicted molar refractivity (Wildman–Crippen MR) is 95.3 cm³/mol. The van der Waals surface area contributed by atoms with Gasteiger partial charge in [-0.25, -0.2) is 13.8 Å². The van der Waals surface area contributed by atoms with Crippen LogP contribution < -0.4 is 9.80 Å². The van der Waals surface area contributed by atoms with Crippen molar-refractivity contribution in [1.82, 2.24) is 9.97 Å². The van der Waals surface area contributed by atoms with Crippen LogP contribution in [0.2, 0.25) is 0 Å². The van der Waals surface area contributed by atoms with Gasteiger partial charge in [0.15, 0.2) is 0 Å². The molecule has 0 spiro atoms. The quantitative estimate of drug-likeness (QED) is 0.609. The molecule has 9 heteroatoms. The standard InChI is InChI=1S/C19H15F5N4/c20-13-2-3-14(21)18-17(13)15(5-6-25-18)27-7-9-28(10-8-27)16-4-1-12(11-26-16)19(22,23)24/h1-6,11H,7-10H2. The van der Waals surface area contributed by atoms with Crippen molar-refractivity contribution in [2.24, 2.45) is 0 Å². The molecule has 0 bridgehead atoms. The van der Waals surface area contributed by atoms with Gasteiger partial charge in [0, 0.05) is 38.6 Å². The van der Waals surface area contributed by atoms with E-state index in [1.165, 1.54) is 12.3 Å². The van der Waals surface area contributed by atoms with Gasteiger partial charge in [-0.1, -0.05) is 0 Å². The van der Waals surface area contributed by atoms with Gasteiger partial charge in [0.2, 0.25) is 0 Å². The monoisotopic (exact) mass is 394 g/mol. The highest BCUT2D eigenvalue weighted by atomic mass is 19.4. The molecule has 0 unspecified atom stereocenters. The second-order valence-electron chi connectivity index (χ2n) is 6.46. The van der Waals surface area contributed by atoms with E-state index in [2.05, 4.69) is 9.97 Å². The molecule has 146 valence electrons. The maximum atomic E-state index is 14.3. The van der Waals surface area contributed by atoms with E-state index in [4.69, 9.17) is 0 Å². The lowest BCUT2D eigenvalue weighted by molar-refractivity contribution is -0.137. The predicted octanol–water partition coefficient (Wildman–Crippen LogP) is 4.25. The van der Waals surface area contributed by atoms with Crippen molar-refractivity contribution in [3.63, 3.8) is 0 Å². The third kappa shape index (κ3) is 3.32. The Morgan fingerprint density at radius 2 is 1.46 bits per heavy atom. The molecule has 28 heavy (non-hydrogen) atoms.